The molecule has 1 aromatic rings. The van der Waals surface area contributed by atoms with Crippen molar-refractivity contribution in [3.63, 3.8) is 0 Å². The molecule has 0 radical (unpaired) electrons. The van der Waals surface area contributed by atoms with E-state index in [4.69, 9.17) is 5.73 Å². The van der Waals surface area contributed by atoms with Gasteiger partial charge in [-0.1, -0.05) is 6.07 Å². The number of hydrogen-bond acceptors (Lipinski definition) is 4. The van der Waals surface area contributed by atoms with Crippen LogP contribution in [0.4, 0.5) is 11.6 Å². The summed E-state index contributed by atoms with van der Waals surface area (Å²) in [6.45, 7) is 6.74. The molecule has 5 heteroatoms. The monoisotopic (exact) mass is 288 g/mol. The van der Waals surface area contributed by atoms with Gasteiger partial charge in [0.05, 0.1) is 0 Å². The fourth-order valence-electron chi connectivity index (χ4n) is 3.64. The van der Waals surface area contributed by atoms with Crippen molar-refractivity contribution in [2.24, 2.45) is 5.92 Å². The molecule has 5 nitrogen and oxygen atoms in total. The second-order valence-electron chi connectivity index (χ2n) is 6.50. The van der Waals surface area contributed by atoms with Gasteiger partial charge in [0.1, 0.15) is 11.6 Å². The van der Waals surface area contributed by atoms with Gasteiger partial charge >= 0.3 is 0 Å². The molecule has 21 heavy (non-hydrogen) atoms. The summed E-state index contributed by atoms with van der Waals surface area (Å²) in [6.07, 6.45) is 2.88. The SMILES string of the molecule is CC(C)N1CCC([C@@H]2CC(=O)Nc3nc(N)ccc32)CC1. The molecule has 3 heterocycles. The fraction of sp³-hybridized carbons (Fsp3) is 0.625. The highest BCUT2D eigenvalue weighted by Gasteiger charge is 2.34. The number of hydrogen-bond donors (Lipinski definition) is 2. The topological polar surface area (TPSA) is 71.2 Å². The molecular formula is C16H24N4O. The van der Waals surface area contributed by atoms with Gasteiger partial charge in [0.25, 0.3) is 0 Å². The number of aromatic nitrogens is 1. The lowest BCUT2D eigenvalue weighted by Gasteiger charge is -2.39. The number of nitrogens with zero attached hydrogens (tertiary/aromatic N) is 2. The molecule has 1 fully saturated rings. The number of piperidine rings is 1. The zero-order valence-electron chi connectivity index (χ0n) is 12.8. The van der Waals surface area contributed by atoms with Crippen molar-refractivity contribution < 1.29 is 4.79 Å². The van der Waals surface area contributed by atoms with E-state index in [1.165, 1.54) is 0 Å². The normalized spacial score (nSPS) is 24.0. The van der Waals surface area contributed by atoms with Gasteiger partial charge in [-0.05, 0) is 63.2 Å². The van der Waals surface area contributed by atoms with Crippen molar-refractivity contribution in [3.05, 3.63) is 17.7 Å². The van der Waals surface area contributed by atoms with Crippen LogP contribution in [0.1, 0.15) is 44.6 Å². The lowest BCUT2D eigenvalue weighted by atomic mass is 9.76. The first kappa shape index (κ1) is 14.3. The van der Waals surface area contributed by atoms with Crippen LogP contribution in [0, 0.1) is 5.92 Å². The van der Waals surface area contributed by atoms with Crippen molar-refractivity contribution in [3.8, 4) is 0 Å². The molecule has 114 valence electrons. The summed E-state index contributed by atoms with van der Waals surface area (Å²) in [5.74, 6) is 2.05. The number of nitrogen functional groups attached to an aromatic ring is 1. The van der Waals surface area contributed by atoms with Crippen LogP contribution in [-0.4, -0.2) is 34.9 Å². The molecule has 3 N–H and O–H groups in total. The summed E-state index contributed by atoms with van der Waals surface area (Å²) in [6, 6.07) is 4.48. The summed E-state index contributed by atoms with van der Waals surface area (Å²) >= 11 is 0. The molecule has 0 bridgehead atoms. The van der Waals surface area contributed by atoms with Crippen LogP contribution in [0.15, 0.2) is 12.1 Å². The van der Waals surface area contributed by atoms with Crippen molar-refractivity contribution in [1.29, 1.82) is 0 Å². The molecule has 0 spiro atoms. The Labute approximate surface area is 125 Å². The standard InChI is InChI=1S/C16H24N4O/c1-10(2)20-7-5-11(6-8-20)13-9-15(21)19-16-12(13)3-4-14(17)18-16/h3-4,10-11,13H,5-9H2,1-2H3,(H3,17,18,19,21)/t13-/m0/s1. The van der Waals surface area contributed by atoms with E-state index >= 15 is 0 Å². The molecule has 1 amide bonds. The molecule has 0 aliphatic carbocycles. The van der Waals surface area contributed by atoms with Crippen LogP contribution in [0.3, 0.4) is 0 Å². The number of likely N-dealkylation sites (tertiary alicyclic amines) is 1. The third-order valence-electron chi connectivity index (χ3n) is 4.88. The van der Waals surface area contributed by atoms with Gasteiger partial charge in [-0.15, -0.1) is 0 Å². The average molecular weight is 288 g/mol. The first-order valence-electron chi connectivity index (χ1n) is 7.85. The highest BCUT2D eigenvalue weighted by atomic mass is 16.1. The Morgan fingerprint density at radius 1 is 1.33 bits per heavy atom. The summed E-state index contributed by atoms with van der Waals surface area (Å²) in [5, 5.41) is 2.86. The van der Waals surface area contributed by atoms with Crippen LogP contribution in [0.25, 0.3) is 0 Å². The van der Waals surface area contributed by atoms with Gasteiger partial charge in [0.15, 0.2) is 0 Å². The lowest BCUT2D eigenvalue weighted by Crippen LogP contribution is -2.41. The zero-order valence-corrected chi connectivity index (χ0v) is 12.8. The molecule has 1 aromatic heterocycles. The number of pyridine rings is 1. The van der Waals surface area contributed by atoms with Gasteiger partial charge < -0.3 is 16.0 Å². The van der Waals surface area contributed by atoms with Crippen molar-refractivity contribution in [1.82, 2.24) is 9.88 Å². The summed E-state index contributed by atoms with van der Waals surface area (Å²) in [4.78, 5) is 18.8. The Balaban J connectivity index is 1.79. The van der Waals surface area contributed by atoms with Crippen LogP contribution >= 0.6 is 0 Å². The smallest absolute Gasteiger partial charge is 0.226 e. The van der Waals surface area contributed by atoms with Crippen LogP contribution in [0.2, 0.25) is 0 Å². The Morgan fingerprint density at radius 3 is 2.71 bits per heavy atom. The van der Waals surface area contributed by atoms with Crippen molar-refractivity contribution in [2.75, 3.05) is 24.1 Å². The summed E-state index contributed by atoms with van der Waals surface area (Å²) < 4.78 is 0. The summed E-state index contributed by atoms with van der Waals surface area (Å²) in [7, 11) is 0. The number of amides is 1. The minimum atomic E-state index is 0.0666. The Hall–Kier alpha value is -1.62. The largest absolute Gasteiger partial charge is 0.384 e. The molecule has 2 aliphatic rings. The summed E-state index contributed by atoms with van der Waals surface area (Å²) in [5.41, 5.74) is 6.89. The quantitative estimate of drug-likeness (QED) is 0.875. The zero-order chi connectivity index (χ0) is 15.0. The number of nitrogens with two attached hydrogens (primary N) is 1. The van der Waals surface area contributed by atoms with Crippen molar-refractivity contribution >= 4 is 17.5 Å². The third kappa shape index (κ3) is 2.88. The van der Waals surface area contributed by atoms with Crippen molar-refractivity contribution in [2.45, 2.75) is 45.1 Å². The van der Waals surface area contributed by atoms with Crippen LogP contribution in [-0.2, 0) is 4.79 Å². The highest BCUT2D eigenvalue weighted by molar-refractivity contribution is 5.93. The van der Waals surface area contributed by atoms with Gasteiger partial charge in [-0.25, -0.2) is 4.98 Å². The maximum Gasteiger partial charge on any atom is 0.226 e. The number of nitrogens with one attached hydrogen (secondary N) is 1. The van der Waals surface area contributed by atoms with Crippen LogP contribution < -0.4 is 11.1 Å². The third-order valence-corrected chi connectivity index (χ3v) is 4.88. The Bertz CT molecular complexity index is 535. The van der Waals surface area contributed by atoms with E-state index in [-0.39, 0.29) is 11.8 Å². The van der Waals surface area contributed by atoms with E-state index in [1.54, 1.807) is 0 Å². The maximum absolute atomic E-state index is 12.0. The molecule has 3 rings (SSSR count). The van der Waals surface area contributed by atoms with Crippen LogP contribution in [0.5, 0.6) is 0 Å². The Morgan fingerprint density at radius 2 is 2.05 bits per heavy atom. The van der Waals surface area contributed by atoms with Gasteiger partial charge in [0.2, 0.25) is 5.91 Å². The first-order valence-corrected chi connectivity index (χ1v) is 7.85. The number of anilines is 2. The lowest BCUT2D eigenvalue weighted by molar-refractivity contribution is -0.117. The molecule has 2 aliphatic heterocycles. The predicted molar refractivity (Wildman–Crippen MR) is 84.1 cm³/mol. The highest BCUT2D eigenvalue weighted by Crippen LogP contribution is 2.41. The molecular weight excluding hydrogens is 264 g/mol. The predicted octanol–water partition coefficient (Wildman–Crippen LogP) is 2.21. The Kier molecular flexibility index (Phi) is 3.85. The molecule has 1 saturated heterocycles. The van der Waals surface area contributed by atoms with E-state index < -0.39 is 0 Å². The number of rotatable bonds is 2. The molecule has 0 saturated carbocycles. The number of carbonyl (C=O) groups excluding carboxylic acids is 1. The van der Waals surface area contributed by atoms with Gasteiger partial charge in [-0.2, -0.15) is 0 Å². The minimum Gasteiger partial charge on any atom is -0.384 e. The first-order chi connectivity index (χ1) is 10.0. The molecule has 0 aromatic carbocycles. The van der Waals surface area contributed by atoms with E-state index in [0.29, 0.717) is 30.0 Å². The molecule has 0 unspecified atom stereocenters. The number of carbonyl (C=O) groups is 1. The van der Waals surface area contributed by atoms with E-state index in [2.05, 4.69) is 29.0 Å². The second kappa shape index (κ2) is 5.64. The van der Waals surface area contributed by atoms with E-state index in [9.17, 15) is 4.79 Å². The van der Waals surface area contributed by atoms with E-state index in [1.807, 2.05) is 12.1 Å². The van der Waals surface area contributed by atoms with E-state index in [0.717, 1.165) is 31.5 Å². The average Bonchev–Trinajstić information content (AvgIpc) is 2.46. The number of fused-ring (bicyclic) bond motifs is 1. The maximum atomic E-state index is 12.0. The molecule has 1 atom stereocenters. The fourth-order valence-corrected chi connectivity index (χ4v) is 3.64. The second-order valence-corrected chi connectivity index (χ2v) is 6.50. The van der Waals surface area contributed by atoms with Gasteiger partial charge in [0, 0.05) is 12.5 Å². The van der Waals surface area contributed by atoms with Gasteiger partial charge in [-0.3, -0.25) is 4.79 Å². The minimum absolute atomic E-state index is 0.0666.